The van der Waals surface area contributed by atoms with Gasteiger partial charge in [-0.2, -0.15) is 0 Å². The SMILES string of the molecule is OC1CCCCC1C1CCCCC1Cl. The zero-order valence-electron chi connectivity index (χ0n) is 8.79. The lowest BCUT2D eigenvalue weighted by Crippen LogP contribution is -2.37. The van der Waals surface area contributed by atoms with Gasteiger partial charge in [0.2, 0.25) is 0 Å². The van der Waals surface area contributed by atoms with Crippen molar-refractivity contribution in [2.24, 2.45) is 11.8 Å². The molecule has 0 aromatic rings. The van der Waals surface area contributed by atoms with E-state index in [2.05, 4.69) is 0 Å². The van der Waals surface area contributed by atoms with E-state index < -0.39 is 0 Å². The van der Waals surface area contributed by atoms with Crippen molar-refractivity contribution in [2.45, 2.75) is 62.8 Å². The minimum atomic E-state index is -0.0619. The molecule has 14 heavy (non-hydrogen) atoms. The van der Waals surface area contributed by atoms with Crippen LogP contribution in [0.4, 0.5) is 0 Å². The third-order valence-corrected chi connectivity index (χ3v) is 4.61. The van der Waals surface area contributed by atoms with Gasteiger partial charge in [0.15, 0.2) is 0 Å². The van der Waals surface area contributed by atoms with E-state index in [9.17, 15) is 5.11 Å². The van der Waals surface area contributed by atoms with E-state index in [0.717, 1.165) is 12.8 Å². The Morgan fingerprint density at radius 3 is 2.00 bits per heavy atom. The molecule has 4 unspecified atom stereocenters. The van der Waals surface area contributed by atoms with Gasteiger partial charge in [-0.25, -0.2) is 0 Å². The summed E-state index contributed by atoms with van der Waals surface area (Å²) in [4.78, 5) is 0. The van der Waals surface area contributed by atoms with E-state index >= 15 is 0 Å². The van der Waals surface area contributed by atoms with Crippen molar-refractivity contribution >= 4 is 11.6 Å². The highest BCUT2D eigenvalue weighted by Crippen LogP contribution is 2.40. The van der Waals surface area contributed by atoms with Crippen LogP contribution < -0.4 is 0 Å². The third-order valence-electron chi connectivity index (χ3n) is 4.06. The van der Waals surface area contributed by atoms with Gasteiger partial charge in [-0.3, -0.25) is 0 Å². The number of hydrogen-bond donors (Lipinski definition) is 1. The molecule has 2 rings (SSSR count). The van der Waals surface area contributed by atoms with E-state index in [1.165, 1.54) is 38.5 Å². The largest absolute Gasteiger partial charge is 0.393 e. The molecule has 0 heterocycles. The van der Waals surface area contributed by atoms with Crippen LogP contribution in [0.15, 0.2) is 0 Å². The van der Waals surface area contributed by atoms with Crippen LogP contribution >= 0.6 is 11.6 Å². The van der Waals surface area contributed by atoms with Crippen molar-refractivity contribution in [1.29, 1.82) is 0 Å². The number of aliphatic hydroxyl groups is 1. The summed E-state index contributed by atoms with van der Waals surface area (Å²) in [5, 5.41) is 10.3. The van der Waals surface area contributed by atoms with E-state index in [0.29, 0.717) is 17.2 Å². The second kappa shape index (κ2) is 4.85. The van der Waals surface area contributed by atoms with Gasteiger partial charge in [-0.15, -0.1) is 11.6 Å². The number of hydrogen-bond acceptors (Lipinski definition) is 1. The summed E-state index contributed by atoms with van der Waals surface area (Å²) in [7, 11) is 0. The first-order valence-corrected chi connectivity index (χ1v) is 6.55. The van der Waals surface area contributed by atoms with Crippen molar-refractivity contribution < 1.29 is 5.11 Å². The molecule has 0 radical (unpaired) electrons. The molecular formula is C12H21ClO. The number of rotatable bonds is 1. The summed E-state index contributed by atoms with van der Waals surface area (Å²) >= 11 is 6.37. The first-order chi connectivity index (χ1) is 6.79. The standard InChI is InChI=1S/C12H21ClO/c13-11-7-3-1-5-9(11)10-6-2-4-8-12(10)14/h9-12,14H,1-8H2. The average Bonchev–Trinajstić information content (AvgIpc) is 2.20. The highest BCUT2D eigenvalue weighted by molar-refractivity contribution is 6.20. The van der Waals surface area contributed by atoms with Crippen molar-refractivity contribution in [3.05, 3.63) is 0 Å². The van der Waals surface area contributed by atoms with Crippen molar-refractivity contribution in [3.63, 3.8) is 0 Å². The third kappa shape index (κ3) is 2.25. The summed E-state index contributed by atoms with van der Waals surface area (Å²) in [6, 6.07) is 0. The molecule has 82 valence electrons. The maximum Gasteiger partial charge on any atom is 0.0571 e. The molecule has 2 aliphatic carbocycles. The topological polar surface area (TPSA) is 20.2 Å². The molecule has 0 amide bonds. The normalized spacial score (nSPS) is 45.0. The van der Waals surface area contributed by atoms with E-state index in [1.807, 2.05) is 0 Å². The summed E-state index contributed by atoms with van der Waals surface area (Å²) < 4.78 is 0. The number of halogens is 1. The predicted molar refractivity (Wildman–Crippen MR) is 59.6 cm³/mol. The first kappa shape index (κ1) is 10.8. The molecule has 0 bridgehead atoms. The van der Waals surface area contributed by atoms with Gasteiger partial charge in [-0.05, 0) is 37.5 Å². The van der Waals surface area contributed by atoms with Gasteiger partial charge >= 0.3 is 0 Å². The molecule has 4 atom stereocenters. The minimum Gasteiger partial charge on any atom is -0.393 e. The minimum absolute atomic E-state index is 0.0619. The molecule has 0 aromatic carbocycles. The van der Waals surface area contributed by atoms with Crippen molar-refractivity contribution in [3.8, 4) is 0 Å². The number of aliphatic hydroxyl groups excluding tert-OH is 1. The Morgan fingerprint density at radius 1 is 0.786 bits per heavy atom. The Kier molecular flexibility index (Phi) is 3.73. The zero-order chi connectivity index (χ0) is 9.97. The fourth-order valence-corrected chi connectivity index (χ4v) is 3.70. The molecule has 0 saturated heterocycles. The maximum atomic E-state index is 9.98. The van der Waals surface area contributed by atoms with Crippen LogP contribution in [0, 0.1) is 11.8 Å². The van der Waals surface area contributed by atoms with Crippen LogP contribution in [0.25, 0.3) is 0 Å². The highest BCUT2D eigenvalue weighted by atomic mass is 35.5. The molecule has 2 saturated carbocycles. The molecule has 0 aliphatic heterocycles. The van der Waals surface area contributed by atoms with Gasteiger partial charge < -0.3 is 5.11 Å². The lowest BCUT2D eigenvalue weighted by atomic mass is 9.72. The summed E-state index contributed by atoms with van der Waals surface area (Å²) in [5.41, 5.74) is 0. The molecule has 0 spiro atoms. The van der Waals surface area contributed by atoms with Crippen LogP contribution in [-0.4, -0.2) is 16.6 Å². The Morgan fingerprint density at radius 2 is 1.36 bits per heavy atom. The Labute approximate surface area is 91.8 Å². The Bertz CT molecular complexity index is 163. The van der Waals surface area contributed by atoms with Crippen LogP contribution in [0.2, 0.25) is 0 Å². The highest BCUT2D eigenvalue weighted by Gasteiger charge is 2.35. The summed E-state index contributed by atoms with van der Waals surface area (Å²) in [6.45, 7) is 0. The predicted octanol–water partition coefficient (Wildman–Crippen LogP) is 3.34. The Balaban J connectivity index is 1.96. The maximum absolute atomic E-state index is 9.98. The smallest absolute Gasteiger partial charge is 0.0571 e. The summed E-state index contributed by atoms with van der Waals surface area (Å²) in [6.07, 6.45) is 9.66. The van der Waals surface area contributed by atoms with Gasteiger partial charge in [0, 0.05) is 5.38 Å². The van der Waals surface area contributed by atoms with Crippen molar-refractivity contribution in [2.75, 3.05) is 0 Å². The molecule has 0 aromatic heterocycles. The van der Waals surface area contributed by atoms with Crippen LogP contribution in [0.3, 0.4) is 0 Å². The quantitative estimate of drug-likeness (QED) is 0.667. The van der Waals surface area contributed by atoms with Crippen LogP contribution in [-0.2, 0) is 0 Å². The molecule has 2 aliphatic rings. The number of alkyl halides is 1. The second-order valence-electron chi connectivity index (χ2n) is 4.98. The fourth-order valence-electron chi connectivity index (χ4n) is 3.24. The molecule has 1 N–H and O–H groups in total. The van der Waals surface area contributed by atoms with E-state index in [4.69, 9.17) is 11.6 Å². The van der Waals surface area contributed by atoms with E-state index in [1.54, 1.807) is 0 Å². The van der Waals surface area contributed by atoms with Crippen LogP contribution in [0.1, 0.15) is 51.4 Å². The molecular weight excluding hydrogens is 196 g/mol. The first-order valence-electron chi connectivity index (χ1n) is 6.11. The lowest BCUT2D eigenvalue weighted by molar-refractivity contribution is 0.0270. The molecule has 1 nitrogen and oxygen atoms in total. The summed E-state index contributed by atoms with van der Waals surface area (Å²) in [5.74, 6) is 1.10. The lowest BCUT2D eigenvalue weighted by Gasteiger charge is -2.39. The molecule has 2 heteroatoms. The van der Waals surface area contributed by atoms with Crippen LogP contribution in [0.5, 0.6) is 0 Å². The van der Waals surface area contributed by atoms with Crippen molar-refractivity contribution in [1.82, 2.24) is 0 Å². The fraction of sp³-hybridized carbons (Fsp3) is 1.00. The molecule has 2 fully saturated rings. The van der Waals surface area contributed by atoms with Gasteiger partial charge in [0.05, 0.1) is 6.10 Å². The van der Waals surface area contributed by atoms with E-state index in [-0.39, 0.29) is 6.10 Å². The van der Waals surface area contributed by atoms with Gasteiger partial charge in [0.25, 0.3) is 0 Å². The average molecular weight is 217 g/mol. The van der Waals surface area contributed by atoms with Gasteiger partial charge in [-0.1, -0.05) is 25.7 Å². The second-order valence-corrected chi connectivity index (χ2v) is 5.54. The zero-order valence-corrected chi connectivity index (χ0v) is 9.55. The van der Waals surface area contributed by atoms with Gasteiger partial charge in [0.1, 0.15) is 0 Å². The monoisotopic (exact) mass is 216 g/mol. The Hall–Kier alpha value is 0.250.